The van der Waals surface area contributed by atoms with Crippen LogP contribution in [0.1, 0.15) is 49.4 Å². The molecule has 5 rings (SSSR count). The zero-order valence-corrected chi connectivity index (χ0v) is 21.0. The van der Waals surface area contributed by atoms with Gasteiger partial charge in [0.25, 0.3) is 0 Å². The molecular weight excluding hydrogens is 475 g/mol. The van der Waals surface area contributed by atoms with Crippen molar-refractivity contribution in [2.75, 3.05) is 5.32 Å². The molecule has 1 aliphatic heterocycles. The molecule has 3 aromatic rings. The molecule has 5 nitrogen and oxygen atoms in total. The Hall–Kier alpha value is -2.28. The standard InChI is InChI=1S/C25H24Cl2N4OS/c1-14-5-4-6-15(9-14)13-33-24-29-23-28-19-11-25(2,3)12-20(32)21(19)22(31(23)30-24)17-8-7-16(26)10-18(17)27/h4-10,22H,11-13H2,1-3H3,(H,28,29,30). The highest BCUT2D eigenvalue weighted by molar-refractivity contribution is 7.98. The molecule has 0 bridgehead atoms. The van der Waals surface area contributed by atoms with E-state index in [4.69, 9.17) is 33.3 Å². The fourth-order valence-electron chi connectivity index (χ4n) is 4.61. The molecule has 0 saturated heterocycles. The van der Waals surface area contributed by atoms with Crippen LogP contribution < -0.4 is 5.32 Å². The van der Waals surface area contributed by atoms with Crippen LogP contribution in [-0.2, 0) is 10.5 Å². The van der Waals surface area contributed by atoms with Crippen molar-refractivity contribution >= 4 is 46.7 Å². The number of rotatable bonds is 4. The molecule has 2 heterocycles. The lowest BCUT2D eigenvalue weighted by molar-refractivity contribution is -0.118. The third-order valence-electron chi connectivity index (χ3n) is 6.02. The predicted molar refractivity (Wildman–Crippen MR) is 134 cm³/mol. The summed E-state index contributed by atoms with van der Waals surface area (Å²) in [5, 5.41) is 9.92. The van der Waals surface area contributed by atoms with Gasteiger partial charge in [-0.25, -0.2) is 4.68 Å². The molecule has 33 heavy (non-hydrogen) atoms. The highest BCUT2D eigenvalue weighted by Crippen LogP contribution is 2.47. The highest BCUT2D eigenvalue weighted by atomic mass is 35.5. The van der Waals surface area contributed by atoms with Crippen LogP contribution in [-0.4, -0.2) is 20.5 Å². The molecule has 0 amide bonds. The zero-order chi connectivity index (χ0) is 23.3. The summed E-state index contributed by atoms with van der Waals surface area (Å²) in [6.45, 7) is 6.31. The number of hydrogen-bond acceptors (Lipinski definition) is 5. The van der Waals surface area contributed by atoms with Gasteiger partial charge < -0.3 is 5.32 Å². The second-order valence-corrected chi connectivity index (χ2v) is 11.3. The van der Waals surface area contributed by atoms with Crippen LogP contribution in [0.5, 0.6) is 0 Å². The van der Waals surface area contributed by atoms with Gasteiger partial charge in [0.15, 0.2) is 5.78 Å². The van der Waals surface area contributed by atoms with E-state index in [1.807, 2.05) is 6.07 Å². The normalized spacial score (nSPS) is 19.2. The highest BCUT2D eigenvalue weighted by Gasteiger charge is 2.42. The maximum Gasteiger partial charge on any atom is 0.227 e. The number of Topliss-reactive ketones (excluding diaryl/α,β-unsaturated/α-hetero) is 1. The quantitative estimate of drug-likeness (QED) is 0.398. The van der Waals surface area contributed by atoms with Gasteiger partial charge in [-0.15, -0.1) is 5.10 Å². The summed E-state index contributed by atoms with van der Waals surface area (Å²) in [4.78, 5) is 18.1. The lowest BCUT2D eigenvalue weighted by atomic mass is 9.73. The number of aromatic nitrogens is 3. The summed E-state index contributed by atoms with van der Waals surface area (Å²) < 4.78 is 1.79. The molecule has 2 aromatic carbocycles. The van der Waals surface area contributed by atoms with E-state index in [0.29, 0.717) is 33.1 Å². The van der Waals surface area contributed by atoms with Crippen molar-refractivity contribution in [3.05, 3.63) is 80.5 Å². The Labute approximate surface area is 207 Å². The first-order valence-corrected chi connectivity index (χ1v) is 12.6. The molecule has 2 aliphatic rings. The smallest absolute Gasteiger partial charge is 0.227 e. The number of anilines is 1. The molecule has 0 fully saturated rings. The average molecular weight is 499 g/mol. The first-order valence-electron chi connectivity index (χ1n) is 10.8. The summed E-state index contributed by atoms with van der Waals surface area (Å²) in [5.41, 5.74) is 4.73. The summed E-state index contributed by atoms with van der Waals surface area (Å²) >= 11 is 14.4. The molecule has 0 saturated carbocycles. The Kier molecular flexibility index (Phi) is 5.79. The minimum Gasteiger partial charge on any atom is -0.328 e. The lowest BCUT2D eigenvalue weighted by Crippen LogP contribution is -2.36. The number of halogens is 2. The molecule has 1 unspecified atom stereocenters. The number of carbonyl (C=O) groups excluding carboxylic acids is 1. The summed E-state index contributed by atoms with van der Waals surface area (Å²) in [6.07, 6.45) is 1.24. The number of allylic oxidation sites excluding steroid dienone is 2. The average Bonchev–Trinajstić information content (AvgIpc) is 3.13. The number of hydrogen-bond donors (Lipinski definition) is 1. The van der Waals surface area contributed by atoms with Crippen molar-refractivity contribution in [2.45, 2.75) is 50.6 Å². The van der Waals surface area contributed by atoms with Gasteiger partial charge in [0, 0.05) is 39.1 Å². The minimum absolute atomic E-state index is 0.111. The first-order chi connectivity index (χ1) is 15.7. The van der Waals surface area contributed by atoms with Gasteiger partial charge in [-0.2, -0.15) is 4.98 Å². The van der Waals surface area contributed by atoms with E-state index in [-0.39, 0.29) is 11.2 Å². The van der Waals surface area contributed by atoms with Crippen LogP contribution in [0, 0.1) is 12.3 Å². The predicted octanol–water partition coefficient (Wildman–Crippen LogP) is 6.84. The van der Waals surface area contributed by atoms with E-state index in [1.54, 1.807) is 28.6 Å². The fraction of sp³-hybridized carbons (Fsp3) is 0.320. The first kappa shape index (κ1) is 22.5. The van der Waals surface area contributed by atoms with E-state index in [1.165, 1.54) is 11.1 Å². The van der Waals surface area contributed by atoms with E-state index in [0.717, 1.165) is 23.4 Å². The molecular formula is C25H24Cl2N4OS. The molecule has 1 atom stereocenters. The number of thioether (sulfide) groups is 1. The van der Waals surface area contributed by atoms with E-state index in [2.05, 4.69) is 50.4 Å². The Morgan fingerprint density at radius 3 is 2.76 bits per heavy atom. The van der Waals surface area contributed by atoms with Gasteiger partial charge in [-0.1, -0.05) is 84.7 Å². The van der Waals surface area contributed by atoms with Crippen LogP contribution in [0.4, 0.5) is 5.95 Å². The van der Waals surface area contributed by atoms with Crippen molar-refractivity contribution in [3.63, 3.8) is 0 Å². The maximum absolute atomic E-state index is 13.3. The van der Waals surface area contributed by atoms with Crippen LogP contribution >= 0.6 is 35.0 Å². The molecule has 8 heteroatoms. The van der Waals surface area contributed by atoms with Crippen molar-refractivity contribution in [3.8, 4) is 0 Å². The van der Waals surface area contributed by atoms with Crippen LogP contribution in [0.25, 0.3) is 0 Å². The van der Waals surface area contributed by atoms with Crippen molar-refractivity contribution in [2.24, 2.45) is 5.41 Å². The Bertz CT molecular complexity index is 1300. The number of ketones is 1. The summed E-state index contributed by atoms with van der Waals surface area (Å²) in [7, 11) is 0. The topological polar surface area (TPSA) is 59.8 Å². The van der Waals surface area contributed by atoms with E-state index in [9.17, 15) is 4.79 Å². The monoisotopic (exact) mass is 498 g/mol. The number of nitrogens with one attached hydrogen (secondary N) is 1. The number of fused-ring (bicyclic) bond motifs is 1. The van der Waals surface area contributed by atoms with Crippen LogP contribution in [0.3, 0.4) is 0 Å². The molecule has 1 N–H and O–H groups in total. The lowest BCUT2D eigenvalue weighted by Gasteiger charge is -2.38. The van der Waals surface area contributed by atoms with Gasteiger partial charge >= 0.3 is 0 Å². The largest absolute Gasteiger partial charge is 0.328 e. The van der Waals surface area contributed by atoms with Crippen LogP contribution in [0.15, 0.2) is 58.9 Å². The van der Waals surface area contributed by atoms with Gasteiger partial charge in [-0.05, 0) is 36.5 Å². The second-order valence-electron chi connectivity index (χ2n) is 9.47. The van der Waals surface area contributed by atoms with Crippen molar-refractivity contribution in [1.82, 2.24) is 14.8 Å². The molecule has 170 valence electrons. The number of aryl methyl sites for hydroxylation is 1. The Morgan fingerprint density at radius 1 is 1.18 bits per heavy atom. The van der Waals surface area contributed by atoms with Gasteiger partial charge in [0.1, 0.15) is 6.04 Å². The second kappa shape index (κ2) is 8.49. The summed E-state index contributed by atoms with van der Waals surface area (Å²) in [6, 6.07) is 13.4. The molecule has 1 aliphatic carbocycles. The molecule has 1 aromatic heterocycles. The molecule has 0 radical (unpaired) electrons. The Morgan fingerprint density at radius 2 is 2.00 bits per heavy atom. The summed E-state index contributed by atoms with van der Waals surface area (Å²) in [5.74, 6) is 1.50. The minimum atomic E-state index is -0.439. The van der Waals surface area contributed by atoms with Crippen molar-refractivity contribution < 1.29 is 4.79 Å². The number of benzene rings is 2. The zero-order valence-electron chi connectivity index (χ0n) is 18.7. The van der Waals surface area contributed by atoms with Crippen molar-refractivity contribution in [1.29, 1.82) is 0 Å². The third-order valence-corrected chi connectivity index (χ3v) is 7.49. The third kappa shape index (κ3) is 4.44. The molecule has 0 spiro atoms. The SMILES string of the molecule is Cc1cccc(CSc2nc3n(n2)C(c2ccc(Cl)cc2Cl)C2=C(CC(C)(C)CC2=O)N3)c1. The van der Waals surface area contributed by atoms with Gasteiger partial charge in [0.2, 0.25) is 11.1 Å². The van der Waals surface area contributed by atoms with E-state index >= 15 is 0 Å². The Balaban J connectivity index is 1.55. The van der Waals surface area contributed by atoms with Gasteiger partial charge in [0.05, 0.1) is 0 Å². The van der Waals surface area contributed by atoms with Gasteiger partial charge in [-0.3, -0.25) is 4.79 Å². The van der Waals surface area contributed by atoms with Crippen LogP contribution in [0.2, 0.25) is 10.0 Å². The van der Waals surface area contributed by atoms with E-state index < -0.39 is 6.04 Å². The number of carbonyl (C=O) groups is 1. The maximum atomic E-state index is 13.3. The number of nitrogens with zero attached hydrogens (tertiary/aromatic N) is 3. The fourth-order valence-corrected chi connectivity index (χ4v) is 5.90.